The Hall–Kier alpha value is 1.82. The van der Waals surface area contributed by atoms with Crippen molar-refractivity contribution < 1.29 is 30.6 Å². The molecule has 0 N–H and O–H groups in total. The van der Waals surface area contributed by atoms with Crippen LogP contribution < -0.4 is 0 Å². The first-order chi connectivity index (χ1) is 1.00. The van der Waals surface area contributed by atoms with Crippen molar-refractivity contribution in [2.24, 2.45) is 0 Å². The Morgan fingerprint density at radius 2 is 1.25 bits per heavy atom. The molecule has 0 heterocycles. The molecule has 0 radical (unpaired) electrons. The molecule has 0 aromatic rings. The van der Waals surface area contributed by atoms with Crippen LogP contribution in [0.3, 0.4) is 0 Å². The zero-order valence-electron chi connectivity index (χ0n) is 1.06. The molecule has 0 aliphatic heterocycles. The minimum atomic E-state index is 0. The Kier molecular flexibility index (Phi) is 90.4. The number of hydrogen-bond donors (Lipinski definition) is 0. The van der Waals surface area contributed by atoms with Crippen molar-refractivity contribution in [2.75, 3.05) is 0 Å². The quantitative estimate of drug-likeness (QED) is 0.446. The van der Waals surface area contributed by atoms with Gasteiger partial charge < -0.3 is 0 Å². The summed E-state index contributed by atoms with van der Waals surface area (Å²) in [5, 5.41) is 0. The molecule has 0 amide bonds. The third kappa shape index (κ3) is 9.17. The Balaban J connectivity index is -0.00000000500. The van der Waals surface area contributed by atoms with Gasteiger partial charge in [0.05, 0.1) is 0 Å². The van der Waals surface area contributed by atoms with Gasteiger partial charge in [0.1, 0.15) is 0 Å². The number of hydrogen-bond acceptors (Lipinski definition) is 1. The summed E-state index contributed by atoms with van der Waals surface area (Å²) in [6.07, 6.45) is 0. The molecule has 0 aliphatic carbocycles. The van der Waals surface area contributed by atoms with E-state index in [0.717, 1.165) is 0 Å². The zero-order valence-corrected chi connectivity index (χ0v) is 3.90. The monoisotopic (exact) mass is 157 g/mol. The predicted molar refractivity (Wildman–Crippen MR) is 14.7 cm³/mol. The Morgan fingerprint density at radius 1 is 1.25 bits per heavy atom. The van der Waals surface area contributed by atoms with E-state index in [9.17, 15) is 0 Å². The normalized spacial score (nSPS) is 1.25. The molecule has 0 aromatic heterocycles. The first-order valence-electron chi connectivity index (χ1n) is 0.136. The third-order valence-electron chi connectivity index (χ3n) is 0. The van der Waals surface area contributed by atoms with Crippen molar-refractivity contribution in [2.45, 2.75) is 0 Å². The van der Waals surface area contributed by atoms with Crippen LogP contribution in [0.5, 0.6) is 0 Å². The second-order valence-electron chi connectivity index (χ2n) is 0. The predicted octanol–water partition coefficient (Wildman–Crippen LogP) is -0.00530. The van der Waals surface area contributed by atoms with Gasteiger partial charge in [-0.3, -0.25) is 0 Å². The van der Waals surface area contributed by atoms with Crippen LogP contribution in [0.15, 0.2) is 0 Å². The molecule has 0 unspecified atom stereocenters. The molecular weight excluding hydrogens is 157 g/mol. The van der Waals surface area contributed by atoms with Gasteiger partial charge in [-0.15, -0.1) is 0 Å². The maximum absolute atomic E-state index is 3.77. The average molecular weight is 158 g/mol. The molecule has 0 aliphatic rings. The van der Waals surface area contributed by atoms with Gasteiger partial charge in [0.15, 0.2) is 0 Å². The summed E-state index contributed by atoms with van der Waals surface area (Å²) in [6.45, 7) is 0. The topological polar surface area (TPSA) is 0 Å². The van der Waals surface area contributed by atoms with Crippen LogP contribution in [0.1, 0.15) is 0 Å². The first kappa shape index (κ1) is 17.0. The minimum absolute atomic E-state index is 0. The SMILES string of the molecule is [LiH].[Ni].[S]=[Co]. The summed E-state index contributed by atoms with van der Waals surface area (Å²) in [4.78, 5) is 0. The second kappa shape index (κ2) is 21.3. The van der Waals surface area contributed by atoms with Gasteiger partial charge in [0, 0.05) is 16.5 Å². The fourth-order valence-corrected chi connectivity index (χ4v) is 0. The molecule has 0 spiro atoms. The van der Waals surface area contributed by atoms with E-state index in [1.165, 1.54) is 0 Å². The van der Waals surface area contributed by atoms with Gasteiger partial charge in [0.2, 0.25) is 0 Å². The van der Waals surface area contributed by atoms with Crippen molar-refractivity contribution in [3.05, 3.63) is 0 Å². The van der Waals surface area contributed by atoms with Gasteiger partial charge in [-0.25, -0.2) is 0 Å². The van der Waals surface area contributed by atoms with E-state index in [1.807, 2.05) is 0 Å². The van der Waals surface area contributed by atoms with Crippen LogP contribution >= 0.6 is 10.6 Å². The number of rotatable bonds is 0. The van der Waals surface area contributed by atoms with Crippen LogP contribution in [0.4, 0.5) is 0 Å². The zero-order chi connectivity index (χ0) is 2.00. The van der Waals surface area contributed by atoms with E-state index in [-0.39, 0.29) is 35.4 Å². The van der Waals surface area contributed by atoms with Crippen LogP contribution in [-0.2, 0) is 30.6 Å². The maximum atomic E-state index is 3.77. The molecular formula is HCoLiNiS. The molecule has 0 fully saturated rings. The van der Waals surface area contributed by atoms with Crippen molar-refractivity contribution >= 4 is 29.5 Å². The molecule has 0 rings (SSSR count). The first-order valence-corrected chi connectivity index (χ1v) is 1.68. The van der Waals surface area contributed by atoms with Gasteiger partial charge >= 0.3 is 43.6 Å². The molecule has 0 nitrogen and oxygen atoms in total. The molecule has 0 saturated carbocycles. The fourth-order valence-electron chi connectivity index (χ4n) is 0. The summed E-state index contributed by atoms with van der Waals surface area (Å²) < 4.78 is 0. The van der Waals surface area contributed by atoms with Crippen molar-refractivity contribution in [3.8, 4) is 0 Å². The van der Waals surface area contributed by atoms with Crippen molar-refractivity contribution in [3.63, 3.8) is 0 Å². The fraction of sp³-hybridized carbons (Fsp3) is 0. The summed E-state index contributed by atoms with van der Waals surface area (Å²) >= 11 is 3.15. The van der Waals surface area contributed by atoms with Crippen LogP contribution in [-0.4, -0.2) is 18.9 Å². The van der Waals surface area contributed by atoms with Crippen LogP contribution in [0.2, 0.25) is 0 Å². The molecule has 4 heteroatoms. The van der Waals surface area contributed by atoms with E-state index < -0.39 is 0 Å². The molecule has 0 atom stereocenters. The van der Waals surface area contributed by atoms with E-state index >= 15 is 0 Å². The van der Waals surface area contributed by atoms with Crippen LogP contribution in [0.25, 0.3) is 0 Å². The van der Waals surface area contributed by atoms with E-state index in [0.29, 0.717) is 0 Å². The van der Waals surface area contributed by atoms with E-state index in [1.54, 1.807) is 0 Å². The van der Waals surface area contributed by atoms with Gasteiger partial charge in [0.25, 0.3) is 0 Å². The van der Waals surface area contributed by atoms with Gasteiger partial charge in [-0.05, 0) is 0 Å². The van der Waals surface area contributed by atoms with Gasteiger partial charge in [-0.2, -0.15) is 0 Å². The molecule has 27 valence electrons. The third-order valence-corrected chi connectivity index (χ3v) is 0. The van der Waals surface area contributed by atoms with E-state index in [2.05, 4.69) is 24.7 Å². The molecule has 0 aromatic carbocycles. The Bertz CT molecular complexity index is 8.00. The second-order valence-corrected chi connectivity index (χ2v) is 0. The van der Waals surface area contributed by atoms with Crippen molar-refractivity contribution in [1.82, 2.24) is 0 Å². The summed E-state index contributed by atoms with van der Waals surface area (Å²) in [5.74, 6) is 0. The van der Waals surface area contributed by atoms with Crippen LogP contribution in [0, 0.1) is 0 Å². The summed E-state index contributed by atoms with van der Waals surface area (Å²) in [7, 11) is 3.77. The molecule has 0 saturated heterocycles. The Labute approximate surface area is 59.7 Å². The summed E-state index contributed by atoms with van der Waals surface area (Å²) in [5.41, 5.74) is 0. The summed E-state index contributed by atoms with van der Waals surface area (Å²) in [6, 6.07) is 0. The van der Waals surface area contributed by atoms with Gasteiger partial charge in [-0.1, -0.05) is 0 Å². The average Bonchev–Trinajstić information content (AvgIpc) is 1.00. The molecule has 0 bridgehead atoms. The Morgan fingerprint density at radius 3 is 1.25 bits per heavy atom. The standard InChI is InChI=1S/Co.Li.Ni.S.H. The van der Waals surface area contributed by atoms with E-state index in [4.69, 9.17) is 0 Å². The van der Waals surface area contributed by atoms with Crippen molar-refractivity contribution in [1.29, 1.82) is 0 Å². The molecule has 4 heavy (non-hydrogen) atoms.